The third-order valence-corrected chi connectivity index (χ3v) is 2.94. The van der Waals surface area contributed by atoms with Gasteiger partial charge in [0.25, 0.3) is 0 Å². The molecule has 86 valence electrons. The molecule has 3 nitrogen and oxygen atoms in total. The van der Waals surface area contributed by atoms with Crippen LogP contribution in [0.5, 0.6) is 11.5 Å². The van der Waals surface area contributed by atoms with E-state index in [1.165, 1.54) is 6.07 Å². The highest BCUT2D eigenvalue weighted by atomic mass is 19.3. The minimum absolute atomic E-state index is 0.0664. The van der Waals surface area contributed by atoms with Crippen molar-refractivity contribution in [3.63, 3.8) is 0 Å². The Morgan fingerprint density at radius 1 is 1.25 bits per heavy atom. The number of halogens is 2. The van der Waals surface area contributed by atoms with Crippen LogP contribution >= 0.6 is 0 Å². The zero-order valence-corrected chi connectivity index (χ0v) is 8.45. The first-order chi connectivity index (χ1) is 7.55. The first-order valence-electron chi connectivity index (χ1n) is 5.20. The Kier molecular flexibility index (Phi) is 1.89. The van der Waals surface area contributed by atoms with Crippen LogP contribution in [0.1, 0.15) is 24.4 Å². The molecule has 1 aliphatic heterocycles. The predicted octanol–water partition coefficient (Wildman–Crippen LogP) is 2.42. The largest absolute Gasteiger partial charge is 0.586 e. The zero-order valence-electron chi connectivity index (χ0n) is 8.45. The molecule has 0 radical (unpaired) electrons. The van der Waals surface area contributed by atoms with Crippen molar-refractivity contribution in [1.82, 2.24) is 0 Å². The van der Waals surface area contributed by atoms with Crippen LogP contribution in [0.2, 0.25) is 0 Å². The second-order valence-corrected chi connectivity index (χ2v) is 4.24. The Morgan fingerprint density at radius 2 is 1.94 bits per heavy atom. The Hall–Kier alpha value is -1.36. The summed E-state index contributed by atoms with van der Waals surface area (Å²) in [5.41, 5.74) is 6.80. The smallest absolute Gasteiger partial charge is 0.395 e. The zero-order chi connectivity index (χ0) is 11.3. The fraction of sp³-hybridized carbons (Fsp3) is 0.455. The van der Waals surface area contributed by atoms with Gasteiger partial charge in [0.05, 0.1) is 0 Å². The molecule has 2 N–H and O–H groups in total. The fourth-order valence-corrected chi connectivity index (χ4v) is 1.90. The van der Waals surface area contributed by atoms with E-state index in [1.807, 2.05) is 0 Å². The summed E-state index contributed by atoms with van der Waals surface area (Å²) < 4.78 is 34.2. The van der Waals surface area contributed by atoms with Crippen molar-refractivity contribution in [1.29, 1.82) is 0 Å². The molecule has 0 bridgehead atoms. The maximum atomic E-state index is 12.8. The molecule has 3 rings (SSSR count). The summed E-state index contributed by atoms with van der Waals surface area (Å²) in [6.07, 6.45) is -1.35. The summed E-state index contributed by atoms with van der Waals surface area (Å²) in [5.74, 6) is 0.608. The number of hydrogen-bond acceptors (Lipinski definition) is 3. The van der Waals surface area contributed by atoms with Crippen molar-refractivity contribution in [2.45, 2.75) is 25.2 Å². The minimum Gasteiger partial charge on any atom is -0.395 e. The molecule has 1 aromatic carbocycles. The summed E-state index contributed by atoms with van der Waals surface area (Å²) in [6, 6.07) is 4.64. The normalized spacial score (nSPS) is 23.2. The van der Waals surface area contributed by atoms with Gasteiger partial charge in [0, 0.05) is 6.04 Å². The standard InChI is InChI=1S/C11H11F2NO2/c12-11(13)15-8-4-3-7(5-9(8)16-11)10(14)6-1-2-6/h3-6,10H,1-2,14H2/t10-/m1/s1. The van der Waals surface area contributed by atoms with Crippen LogP contribution in [-0.2, 0) is 0 Å². The molecule has 5 heteroatoms. The van der Waals surface area contributed by atoms with Crippen LogP contribution in [0.3, 0.4) is 0 Å². The number of nitrogens with two attached hydrogens (primary N) is 1. The highest BCUT2D eigenvalue weighted by Gasteiger charge is 2.43. The number of benzene rings is 1. The summed E-state index contributed by atoms with van der Waals surface area (Å²) in [4.78, 5) is 0. The van der Waals surface area contributed by atoms with Gasteiger partial charge in [-0.3, -0.25) is 0 Å². The molecule has 1 atom stereocenters. The van der Waals surface area contributed by atoms with E-state index in [9.17, 15) is 8.78 Å². The molecule has 16 heavy (non-hydrogen) atoms. The third-order valence-electron chi connectivity index (χ3n) is 2.94. The maximum Gasteiger partial charge on any atom is 0.586 e. The molecule has 1 saturated carbocycles. The lowest BCUT2D eigenvalue weighted by Gasteiger charge is -2.10. The van der Waals surface area contributed by atoms with E-state index in [0.29, 0.717) is 5.92 Å². The highest BCUT2D eigenvalue weighted by molar-refractivity contribution is 5.46. The average Bonchev–Trinajstić information content (AvgIpc) is 2.98. The van der Waals surface area contributed by atoms with Gasteiger partial charge in [-0.15, -0.1) is 8.78 Å². The van der Waals surface area contributed by atoms with Gasteiger partial charge >= 0.3 is 6.29 Å². The lowest BCUT2D eigenvalue weighted by Crippen LogP contribution is -2.25. The Labute approximate surface area is 91.1 Å². The van der Waals surface area contributed by atoms with Crippen molar-refractivity contribution in [3.05, 3.63) is 23.8 Å². The predicted molar refractivity (Wildman–Crippen MR) is 52.3 cm³/mol. The molecular formula is C11H11F2NO2. The van der Waals surface area contributed by atoms with E-state index in [1.54, 1.807) is 12.1 Å². The SMILES string of the molecule is N[C@@H](c1ccc2c(c1)OC(F)(F)O2)C1CC1. The van der Waals surface area contributed by atoms with Crippen molar-refractivity contribution >= 4 is 0 Å². The molecule has 1 fully saturated rings. The van der Waals surface area contributed by atoms with E-state index in [4.69, 9.17) is 5.73 Å². The molecule has 0 spiro atoms. The van der Waals surface area contributed by atoms with Crippen molar-refractivity contribution in [2.75, 3.05) is 0 Å². The molecule has 0 aromatic heterocycles. The van der Waals surface area contributed by atoms with Crippen LogP contribution in [0, 0.1) is 5.92 Å². The molecule has 0 amide bonds. The monoisotopic (exact) mass is 227 g/mol. The number of alkyl halides is 2. The van der Waals surface area contributed by atoms with Gasteiger partial charge < -0.3 is 15.2 Å². The Morgan fingerprint density at radius 3 is 2.62 bits per heavy atom. The molecular weight excluding hydrogens is 216 g/mol. The van der Waals surface area contributed by atoms with Crippen LogP contribution < -0.4 is 15.2 Å². The minimum atomic E-state index is -3.55. The van der Waals surface area contributed by atoms with Gasteiger partial charge in [0.15, 0.2) is 11.5 Å². The van der Waals surface area contributed by atoms with Gasteiger partial charge in [0.1, 0.15) is 0 Å². The maximum absolute atomic E-state index is 12.8. The van der Waals surface area contributed by atoms with Crippen LogP contribution in [0.4, 0.5) is 8.78 Å². The molecule has 1 aliphatic carbocycles. The molecule has 1 heterocycles. The molecule has 2 aliphatic rings. The van der Waals surface area contributed by atoms with Gasteiger partial charge in [-0.2, -0.15) is 0 Å². The number of fused-ring (bicyclic) bond motifs is 1. The quantitative estimate of drug-likeness (QED) is 0.843. The Bertz CT molecular complexity index is 432. The van der Waals surface area contributed by atoms with Crippen molar-refractivity contribution in [2.24, 2.45) is 11.7 Å². The van der Waals surface area contributed by atoms with Crippen LogP contribution in [-0.4, -0.2) is 6.29 Å². The summed E-state index contributed by atoms with van der Waals surface area (Å²) in [7, 11) is 0. The number of rotatable bonds is 2. The van der Waals surface area contributed by atoms with E-state index >= 15 is 0 Å². The first-order valence-corrected chi connectivity index (χ1v) is 5.20. The fourth-order valence-electron chi connectivity index (χ4n) is 1.90. The molecule has 0 unspecified atom stereocenters. The number of ether oxygens (including phenoxy) is 2. The van der Waals surface area contributed by atoms with Crippen molar-refractivity contribution in [3.8, 4) is 11.5 Å². The van der Waals surface area contributed by atoms with Crippen molar-refractivity contribution < 1.29 is 18.3 Å². The van der Waals surface area contributed by atoms with Crippen LogP contribution in [0.25, 0.3) is 0 Å². The summed E-state index contributed by atoms with van der Waals surface area (Å²) in [6.45, 7) is 0. The second-order valence-electron chi connectivity index (χ2n) is 4.24. The van der Waals surface area contributed by atoms with Crippen LogP contribution in [0.15, 0.2) is 18.2 Å². The van der Waals surface area contributed by atoms with E-state index in [-0.39, 0.29) is 17.5 Å². The van der Waals surface area contributed by atoms with Gasteiger partial charge in [-0.25, -0.2) is 0 Å². The summed E-state index contributed by atoms with van der Waals surface area (Å²) >= 11 is 0. The average molecular weight is 227 g/mol. The molecule has 1 aromatic rings. The first kappa shape index (κ1) is 9.84. The molecule has 0 saturated heterocycles. The van der Waals surface area contributed by atoms with Gasteiger partial charge in [-0.1, -0.05) is 6.07 Å². The van der Waals surface area contributed by atoms with E-state index in [0.717, 1.165) is 18.4 Å². The van der Waals surface area contributed by atoms with Gasteiger partial charge in [-0.05, 0) is 36.5 Å². The lowest BCUT2D eigenvalue weighted by atomic mass is 10.0. The second kappa shape index (κ2) is 3.07. The Balaban J connectivity index is 1.89. The topological polar surface area (TPSA) is 44.5 Å². The van der Waals surface area contributed by atoms with Gasteiger partial charge in [0.2, 0.25) is 0 Å². The number of hydrogen-bond donors (Lipinski definition) is 1. The van der Waals surface area contributed by atoms with E-state index < -0.39 is 6.29 Å². The van der Waals surface area contributed by atoms with E-state index in [2.05, 4.69) is 9.47 Å². The lowest BCUT2D eigenvalue weighted by molar-refractivity contribution is -0.286. The highest BCUT2D eigenvalue weighted by Crippen LogP contribution is 2.45. The third kappa shape index (κ3) is 1.61. The summed E-state index contributed by atoms with van der Waals surface area (Å²) in [5, 5.41) is 0.